The Morgan fingerprint density at radius 2 is 1.94 bits per heavy atom. The molecule has 0 aromatic heterocycles. The second-order valence-electron chi connectivity index (χ2n) is 4.51. The number of phenols is 1. The highest BCUT2D eigenvalue weighted by Crippen LogP contribution is 2.29. The second-order valence-corrected chi connectivity index (χ2v) is 4.51. The zero-order valence-electron chi connectivity index (χ0n) is 11.7. The molecule has 0 aliphatic rings. The average molecular weight is 251 g/mol. The molecule has 1 rings (SSSR count). The van der Waals surface area contributed by atoms with Gasteiger partial charge < -0.3 is 15.2 Å². The smallest absolute Gasteiger partial charge is 0.162 e. The van der Waals surface area contributed by atoms with Gasteiger partial charge in [0, 0.05) is 12.1 Å². The van der Waals surface area contributed by atoms with Gasteiger partial charge in [0.1, 0.15) is 0 Å². The van der Waals surface area contributed by atoms with E-state index >= 15 is 0 Å². The second kappa shape index (κ2) is 7.98. The van der Waals surface area contributed by atoms with Crippen LogP contribution in [0.2, 0.25) is 0 Å². The molecular weight excluding hydrogens is 226 g/mol. The molecule has 0 heterocycles. The third kappa shape index (κ3) is 4.22. The number of hydrogen-bond acceptors (Lipinski definition) is 3. The van der Waals surface area contributed by atoms with E-state index in [1.807, 2.05) is 19.1 Å². The van der Waals surface area contributed by atoms with Crippen LogP contribution in [0.3, 0.4) is 0 Å². The molecular formula is C15H25NO2. The van der Waals surface area contributed by atoms with Crippen LogP contribution < -0.4 is 10.1 Å². The SMILES string of the molecule is CCOc1cccc(CNCC(CC)CC)c1O. The highest BCUT2D eigenvalue weighted by molar-refractivity contribution is 5.45. The number of nitrogens with one attached hydrogen (secondary N) is 1. The van der Waals surface area contributed by atoms with Gasteiger partial charge in [0.25, 0.3) is 0 Å². The lowest BCUT2D eigenvalue weighted by Crippen LogP contribution is -2.21. The van der Waals surface area contributed by atoms with Crippen molar-refractivity contribution < 1.29 is 9.84 Å². The average Bonchev–Trinajstić information content (AvgIpc) is 2.39. The summed E-state index contributed by atoms with van der Waals surface area (Å²) in [6.07, 6.45) is 2.38. The van der Waals surface area contributed by atoms with E-state index in [0.29, 0.717) is 24.8 Å². The normalized spacial score (nSPS) is 10.9. The maximum absolute atomic E-state index is 10.0. The molecule has 0 aliphatic heterocycles. The van der Waals surface area contributed by atoms with E-state index in [2.05, 4.69) is 19.2 Å². The van der Waals surface area contributed by atoms with Gasteiger partial charge in [-0.05, 0) is 25.5 Å². The molecule has 0 amide bonds. The third-order valence-corrected chi connectivity index (χ3v) is 3.29. The zero-order chi connectivity index (χ0) is 13.4. The van der Waals surface area contributed by atoms with Gasteiger partial charge in [-0.1, -0.05) is 38.8 Å². The number of ether oxygens (including phenoxy) is 1. The highest BCUT2D eigenvalue weighted by Gasteiger charge is 2.08. The van der Waals surface area contributed by atoms with Crippen LogP contribution in [0.5, 0.6) is 11.5 Å². The van der Waals surface area contributed by atoms with Gasteiger partial charge in [-0.3, -0.25) is 0 Å². The zero-order valence-corrected chi connectivity index (χ0v) is 11.7. The van der Waals surface area contributed by atoms with Crippen LogP contribution in [-0.2, 0) is 6.54 Å². The van der Waals surface area contributed by atoms with E-state index in [1.165, 1.54) is 12.8 Å². The molecule has 0 unspecified atom stereocenters. The lowest BCUT2D eigenvalue weighted by Gasteiger charge is -2.14. The van der Waals surface area contributed by atoms with Gasteiger partial charge in [0.2, 0.25) is 0 Å². The topological polar surface area (TPSA) is 41.5 Å². The number of aromatic hydroxyl groups is 1. The van der Waals surface area contributed by atoms with Crippen LogP contribution in [0, 0.1) is 5.92 Å². The van der Waals surface area contributed by atoms with Gasteiger partial charge in [0.15, 0.2) is 11.5 Å². The summed E-state index contributed by atoms with van der Waals surface area (Å²) in [6, 6.07) is 5.64. The molecule has 102 valence electrons. The lowest BCUT2D eigenvalue weighted by atomic mass is 10.0. The Labute approximate surface area is 110 Å². The standard InChI is InChI=1S/C15H25NO2/c1-4-12(5-2)10-16-11-13-8-7-9-14(15(13)17)18-6-3/h7-9,12,16-17H,4-6,10-11H2,1-3H3. The Bertz CT molecular complexity index is 348. The van der Waals surface area contributed by atoms with Crippen molar-refractivity contribution in [3.05, 3.63) is 23.8 Å². The van der Waals surface area contributed by atoms with Crippen LogP contribution in [0.15, 0.2) is 18.2 Å². The molecule has 3 nitrogen and oxygen atoms in total. The number of para-hydroxylation sites is 1. The Hall–Kier alpha value is -1.22. The Morgan fingerprint density at radius 3 is 2.56 bits per heavy atom. The minimum Gasteiger partial charge on any atom is -0.504 e. The van der Waals surface area contributed by atoms with Gasteiger partial charge in [0.05, 0.1) is 6.61 Å². The lowest BCUT2D eigenvalue weighted by molar-refractivity contribution is 0.316. The van der Waals surface area contributed by atoms with Crippen molar-refractivity contribution in [2.45, 2.75) is 40.2 Å². The molecule has 1 aromatic rings. The Morgan fingerprint density at radius 1 is 1.22 bits per heavy atom. The van der Waals surface area contributed by atoms with Crippen molar-refractivity contribution >= 4 is 0 Å². The summed E-state index contributed by atoms with van der Waals surface area (Å²) in [5.74, 6) is 1.54. The molecule has 0 saturated carbocycles. The largest absolute Gasteiger partial charge is 0.504 e. The molecule has 0 spiro atoms. The van der Waals surface area contributed by atoms with E-state index in [1.54, 1.807) is 6.07 Å². The minimum atomic E-state index is 0.261. The van der Waals surface area contributed by atoms with Gasteiger partial charge >= 0.3 is 0 Å². The molecule has 0 aliphatic carbocycles. The number of benzene rings is 1. The fourth-order valence-corrected chi connectivity index (χ4v) is 1.97. The van der Waals surface area contributed by atoms with Crippen molar-refractivity contribution in [3.63, 3.8) is 0 Å². The Balaban J connectivity index is 2.54. The number of rotatable bonds is 8. The summed E-state index contributed by atoms with van der Waals surface area (Å²) in [7, 11) is 0. The van der Waals surface area contributed by atoms with Crippen molar-refractivity contribution in [2.75, 3.05) is 13.2 Å². The maximum atomic E-state index is 10.0. The van der Waals surface area contributed by atoms with Crippen LogP contribution in [0.25, 0.3) is 0 Å². The van der Waals surface area contributed by atoms with Crippen molar-refractivity contribution in [1.82, 2.24) is 5.32 Å². The molecule has 0 bridgehead atoms. The van der Waals surface area contributed by atoms with Crippen LogP contribution in [0.4, 0.5) is 0 Å². The first-order chi connectivity index (χ1) is 8.72. The summed E-state index contributed by atoms with van der Waals surface area (Å²) >= 11 is 0. The molecule has 1 aromatic carbocycles. The number of phenolic OH excluding ortho intramolecular Hbond substituents is 1. The van der Waals surface area contributed by atoms with Crippen molar-refractivity contribution in [1.29, 1.82) is 0 Å². The molecule has 18 heavy (non-hydrogen) atoms. The predicted octanol–water partition coefficient (Wildman–Crippen LogP) is 3.32. The van der Waals surface area contributed by atoms with Crippen LogP contribution in [0.1, 0.15) is 39.2 Å². The van der Waals surface area contributed by atoms with Crippen LogP contribution >= 0.6 is 0 Å². The highest BCUT2D eigenvalue weighted by atomic mass is 16.5. The first kappa shape index (κ1) is 14.8. The maximum Gasteiger partial charge on any atom is 0.162 e. The monoisotopic (exact) mass is 251 g/mol. The first-order valence-electron chi connectivity index (χ1n) is 6.87. The molecule has 0 radical (unpaired) electrons. The summed E-state index contributed by atoms with van der Waals surface area (Å²) in [4.78, 5) is 0. The first-order valence-corrected chi connectivity index (χ1v) is 6.87. The van der Waals surface area contributed by atoms with Crippen molar-refractivity contribution in [2.24, 2.45) is 5.92 Å². The summed E-state index contributed by atoms with van der Waals surface area (Å²) < 4.78 is 5.37. The molecule has 3 heteroatoms. The fourth-order valence-electron chi connectivity index (χ4n) is 1.97. The van der Waals surface area contributed by atoms with Gasteiger partial charge in [-0.2, -0.15) is 0 Å². The minimum absolute atomic E-state index is 0.261. The van der Waals surface area contributed by atoms with E-state index in [-0.39, 0.29) is 5.75 Å². The summed E-state index contributed by atoms with van der Waals surface area (Å²) in [6.45, 7) is 8.58. The Kier molecular flexibility index (Phi) is 6.58. The molecule has 0 saturated heterocycles. The molecule has 2 N–H and O–H groups in total. The molecule has 0 fully saturated rings. The summed E-state index contributed by atoms with van der Waals surface area (Å²) in [5.41, 5.74) is 0.895. The van der Waals surface area contributed by atoms with Gasteiger partial charge in [-0.15, -0.1) is 0 Å². The van der Waals surface area contributed by atoms with E-state index in [4.69, 9.17) is 4.74 Å². The third-order valence-electron chi connectivity index (χ3n) is 3.29. The van der Waals surface area contributed by atoms with E-state index < -0.39 is 0 Å². The van der Waals surface area contributed by atoms with Gasteiger partial charge in [-0.25, -0.2) is 0 Å². The summed E-state index contributed by atoms with van der Waals surface area (Å²) in [5, 5.41) is 13.4. The quantitative estimate of drug-likeness (QED) is 0.744. The van der Waals surface area contributed by atoms with Crippen LogP contribution in [-0.4, -0.2) is 18.3 Å². The number of hydrogen-bond donors (Lipinski definition) is 2. The molecule has 0 atom stereocenters. The van der Waals surface area contributed by atoms with E-state index in [9.17, 15) is 5.11 Å². The van der Waals surface area contributed by atoms with Crippen molar-refractivity contribution in [3.8, 4) is 11.5 Å². The predicted molar refractivity (Wildman–Crippen MR) is 75.1 cm³/mol. The fraction of sp³-hybridized carbons (Fsp3) is 0.600. The van der Waals surface area contributed by atoms with E-state index in [0.717, 1.165) is 12.1 Å².